The molecule has 0 saturated carbocycles. The lowest BCUT2D eigenvalue weighted by atomic mass is 10.0. The molecule has 0 fully saturated rings. The van der Waals surface area contributed by atoms with E-state index in [4.69, 9.17) is 5.11 Å². The van der Waals surface area contributed by atoms with Crippen molar-refractivity contribution in [3.05, 3.63) is 35.9 Å². The molecule has 0 aliphatic rings. The predicted octanol–water partition coefficient (Wildman–Crippen LogP) is 0.462. The quantitative estimate of drug-likeness (QED) is 0.465. The van der Waals surface area contributed by atoms with Crippen molar-refractivity contribution in [1.82, 2.24) is 16.0 Å². The third kappa shape index (κ3) is 6.80. The van der Waals surface area contributed by atoms with Gasteiger partial charge in [0.25, 0.3) is 0 Å². The normalized spacial score (nSPS) is 14.3. The molecule has 8 heteroatoms. The van der Waals surface area contributed by atoms with Crippen molar-refractivity contribution in [2.75, 3.05) is 6.54 Å². The second-order valence-corrected chi connectivity index (χ2v) is 6.33. The van der Waals surface area contributed by atoms with E-state index in [1.165, 1.54) is 0 Å². The van der Waals surface area contributed by atoms with Gasteiger partial charge in [-0.2, -0.15) is 0 Å². The Labute approximate surface area is 146 Å². The highest BCUT2D eigenvalue weighted by Crippen LogP contribution is 2.05. The smallest absolute Gasteiger partial charge is 0.337 e. The number of nitrogens with one attached hydrogen (secondary N) is 3. The van der Waals surface area contributed by atoms with Crippen molar-refractivity contribution in [3.8, 4) is 0 Å². The van der Waals surface area contributed by atoms with Crippen LogP contribution < -0.4 is 16.0 Å². The summed E-state index contributed by atoms with van der Waals surface area (Å²) in [7, 11) is 0. The zero-order valence-corrected chi connectivity index (χ0v) is 14.6. The molecule has 1 rings (SSSR count). The van der Waals surface area contributed by atoms with Crippen LogP contribution in [0.5, 0.6) is 0 Å². The van der Waals surface area contributed by atoms with Crippen LogP contribution in [0.3, 0.4) is 0 Å². The molecular weight excluding hydrogens is 326 g/mol. The molecule has 0 spiro atoms. The first-order chi connectivity index (χ1) is 11.6. The average molecular weight is 351 g/mol. The first-order valence-electron chi connectivity index (χ1n) is 7.95. The number of carboxylic acids is 1. The molecule has 0 bridgehead atoms. The topological polar surface area (TPSA) is 128 Å². The van der Waals surface area contributed by atoms with E-state index in [1.54, 1.807) is 13.8 Å². The Morgan fingerprint density at radius 3 is 2.24 bits per heavy atom. The fourth-order valence-corrected chi connectivity index (χ4v) is 1.95. The Balaban J connectivity index is 2.56. The third-order valence-electron chi connectivity index (χ3n) is 3.60. The van der Waals surface area contributed by atoms with E-state index in [-0.39, 0.29) is 5.92 Å². The van der Waals surface area contributed by atoms with Crippen LogP contribution in [0.2, 0.25) is 0 Å². The summed E-state index contributed by atoms with van der Waals surface area (Å²) in [4.78, 5) is 35.1. The van der Waals surface area contributed by atoms with Gasteiger partial charge in [-0.1, -0.05) is 44.2 Å². The first-order valence-corrected chi connectivity index (χ1v) is 7.95. The summed E-state index contributed by atoms with van der Waals surface area (Å²) in [6, 6.07) is 7.93. The zero-order chi connectivity index (χ0) is 19.0. The van der Waals surface area contributed by atoms with Crippen molar-refractivity contribution < 1.29 is 24.6 Å². The molecule has 0 aliphatic carbocycles. The molecule has 0 radical (unpaired) electrons. The molecule has 0 aliphatic heterocycles. The second kappa shape index (κ2) is 9.03. The van der Waals surface area contributed by atoms with Gasteiger partial charge in [0, 0.05) is 6.54 Å². The maximum Gasteiger partial charge on any atom is 0.337 e. The fourth-order valence-electron chi connectivity index (χ4n) is 1.95. The van der Waals surface area contributed by atoms with Crippen molar-refractivity contribution in [1.29, 1.82) is 0 Å². The number of benzene rings is 1. The van der Waals surface area contributed by atoms with E-state index in [2.05, 4.69) is 16.0 Å². The van der Waals surface area contributed by atoms with Crippen molar-refractivity contribution in [2.45, 2.75) is 39.0 Å². The predicted molar refractivity (Wildman–Crippen MR) is 91.7 cm³/mol. The molecule has 2 atom stereocenters. The summed E-state index contributed by atoms with van der Waals surface area (Å²) < 4.78 is 0. The van der Waals surface area contributed by atoms with E-state index < -0.39 is 36.1 Å². The van der Waals surface area contributed by atoms with E-state index in [1.807, 2.05) is 30.3 Å². The van der Waals surface area contributed by atoms with Crippen molar-refractivity contribution in [3.63, 3.8) is 0 Å². The van der Waals surface area contributed by atoms with Crippen LogP contribution in [-0.4, -0.2) is 46.3 Å². The number of aliphatic carboxylic acids is 1. The Morgan fingerprint density at radius 1 is 1.12 bits per heavy atom. The summed E-state index contributed by atoms with van der Waals surface area (Å²) in [5, 5.41) is 26.1. The van der Waals surface area contributed by atoms with Gasteiger partial charge in [-0.3, -0.25) is 4.79 Å². The van der Waals surface area contributed by atoms with Gasteiger partial charge in [0.1, 0.15) is 6.04 Å². The number of carbonyl (C=O) groups excluding carboxylic acids is 2. The van der Waals surface area contributed by atoms with E-state index in [9.17, 15) is 19.5 Å². The maximum atomic E-state index is 12.2. The monoisotopic (exact) mass is 351 g/mol. The molecule has 0 aromatic heterocycles. The lowest BCUT2D eigenvalue weighted by Gasteiger charge is -2.24. The molecule has 0 heterocycles. The number of amides is 3. The van der Waals surface area contributed by atoms with Gasteiger partial charge in [-0.15, -0.1) is 0 Å². The highest BCUT2D eigenvalue weighted by molar-refractivity contribution is 5.88. The van der Waals surface area contributed by atoms with Gasteiger partial charge >= 0.3 is 12.0 Å². The minimum Gasteiger partial charge on any atom is -0.479 e. The Hall–Kier alpha value is -2.61. The highest BCUT2D eigenvalue weighted by Gasteiger charge is 2.32. The Bertz CT molecular complexity index is 602. The van der Waals surface area contributed by atoms with E-state index in [0.29, 0.717) is 6.54 Å². The van der Waals surface area contributed by atoms with Crippen LogP contribution in [0.4, 0.5) is 4.79 Å². The number of hydrogen-bond acceptors (Lipinski definition) is 4. The fraction of sp³-hybridized carbons (Fsp3) is 0.471. The number of rotatable bonds is 8. The average Bonchev–Trinajstić information content (AvgIpc) is 2.56. The maximum absolute atomic E-state index is 12.2. The lowest BCUT2D eigenvalue weighted by molar-refractivity contribution is -0.156. The second-order valence-electron chi connectivity index (χ2n) is 6.33. The van der Waals surface area contributed by atoms with Crippen LogP contribution in [0, 0.1) is 5.92 Å². The zero-order valence-electron chi connectivity index (χ0n) is 14.6. The van der Waals surface area contributed by atoms with Gasteiger partial charge in [0.15, 0.2) is 5.60 Å². The molecule has 5 N–H and O–H groups in total. The van der Waals surface area contributed by atoms with Crippen molar-refractivity contribution >= 4 is 17.9 Å². The minimum atomic E-state index is -2.08. The van der Waals surface area contributed by atoms with Gasteiger partial charge in [-0.25, -0.2) is 9.59 Å². The van der Waals surface area contributed by atoms with Crippen LogP contribution in [0.1, 0.15) is 26.3 Å². The summed E-state index contributed by atoms with van der Waals surface area (Å²) in [5.41, 5.74) is -1.16. The number of urea groups is 1. The highest BCUT2D eigenvalue weighted by atomic mass is 16.4. The molecule has 2 unspecified atom stereocenters. The Morgan fingerprint density at radius 2 is 1.72 bits per heavy atom. The molecule has 0 saturated heterocycles. The van der Waals surface area contributed by atoms with Gasteiger partial charge in [-0.05, 0) is 18.4 Å². The molecule has 25 heavy (non-hydrogen) atoms. The summed E-state index contributed by atoms with van der Waals surface area (Å²) >= 11 is 0. The van der Waals surface area contributed by atoms with Crippen LogP contribution in [-0.2, 0) is 16.1 Å². The van der Waals surface area contributed by atoms with Crippen molar-refractivity contribution in [2.24, 2.45) is 5.92 Å². The summed E-state index contributed by atoms with van der Waals surface area (Å²) in [6.07, 6.45) is 0. The summed E-state index contributed by atoms with van der Waals surface area (Å²) in [6.45, 7) is 4.43. The number of carboxylic acid groups (broad SMARTS) is 1. The number of aliphatic hydroxyl groups is 1. The van der Waals surface area contributed by atoms with Crippen LogP contribution >= 0.6 is 0 Å². The minimum absolute atomic E-state index is 0.225. The largest absolute Gasteiger partial charge is 0.479 e. The number of carbonyl (C=O) groups is 3. The lowest BCUT2D eigenvalue weighted by Crippen LogP contribution is -2.55. The Kier molecular flexibility index (Phi) is 7.38. The molecule has 8 nitrogen and oxygen atoms in total. The molecule has 1 aromatic rings. The molecule has 3 amide bonds. The van der Waals surface area contributed by atoms with E-state index in [0.717, 1.165) is 12.5 Å². The van der Waals surface area contributed by atoms with Gasteiger partial charge in [0.2, 0.25) is 5.91 Å². The summed E-state index contributed by atoms with van der Waals surface area (Å²) in [5.74, 6) is -2.23. The molecule has 138 valence electrons. The SMILES string of the molecule is CC(C)C(NC(=O)NCc1ccccc1)C(=O)NCC(C)(O)C(=O)O. The van der Waals surface area contributed by atoms with Crippen LogP contribution in [0.25, 0.3) is 0 Å². The molecule has 1 aromatic carbocycles. The van der Waals surface area contributed by atoms with Gasteiger partial charge in [0.05, 0.1) is 6.54 Å². The first kappa shape index (κ1) is 20.4. The van der Waals surface area contributed by atoms with E-state index >= 15 is 0 Å². The standard InChI is InChI=1S/C17H25N3O5/c1-11(2)13(14(21)19-10-17(3,25)15(22)23)20-16(24)18-9-12-7-5-4-6-8-12/h4-8,11,13,25H,9-10H2,1-3H3,(H,19,21)(H,22,23)(H2,18,20,24). The van der Waals surface area contributed by atoms with Crippen LogP contribution in [0.15, 0.2) is 30.3 Å². The molecular formula is C17H25N3O5. The number of hydrogen-bond donors (Lipinski definition) is 5. The third-order valence-corrected chi connectivity index (χ3v) is 3.60. The van der Waals surface area contributed by atoms with Gasteiger partial charge < -0.3 is 26.2 Å².